The number of para-hydroxylation sites is 1. The highest BCUT2D eigenvalue weighted by atomic mass is 15.3. The van der Waals surface area contributed by atoms with Crippen molar-refractivity contribution in [2.75, 3.05) is 38.1 Å². The molecule has 0 saturated carbocycles. The van der Waals surface area contributed by atoms with E-state index in [4.69, 9.17) is 5.73 Å². The van der Waals surface area contributed by atoms with Crippen LogP contribution < -0.4 is 10.6 Å². The summed E-state index contributed by atoms with van der Waals surface area (Å²) in [6.45, 7) is 10.8. The zero-order valence-electron chi connectivity index (χ0n) is 12.7. The molecule has 0 spiro atoms. The van der Waals surface area contributed by atoms with Crippen LogP contribution in [0.2, 0.25) is 0 Å². The molecule has 3 heteroatoms. The molecular formula is C16H27N3. The Balaban J connectivity index is 2.35. The second-order valence-corrected chi connectivity index (χ2v) is 6.61. The number of nitrogens with two attached hydrogens (primary N) is 1. The van der Waals surface area contributed by atoms with Crippen LogP contribution in [-0.2, 0) is 5.41 Å². The third kappa shape index (κ3) is 3.10. The Kier molecular flexibility index (Phi) is 4.16. The highest BCUT2D eigenvalue weighted by molar-refractivity contribution is 5.57. The average molecular weight is 261 g/mol. The van der Waals surface area contributed by atoms with Crippen molar-refractivity contribution >= 4 is 5.69 Å². The SMILES string of the molecule is CN1CCN(c2ccccc2C(C)(C)C)C(CN)C1. The summed E-state index contributed by atoms with van der Waals surface area (Å²) in [5, 5.41) is 0. The molecule has 0 aliphatic carbocycles. The number of anilines is 1. The van der Waals surface area contributed by atoms with Crippen LogP contribution >= 0.6 is 0 Å². The standard InChI is InChI=1S/C16H27N3/c1-16(2,3)14-7-5-6-8-15(14)19-10-9-18(4)12-13(19)11-17/h5-8,13H,9-12,17H2,1-4H3. The van der Waals surface area contributed by atoms with Gasteiger partial charge in [-0.2, -0.15) is 0 Å². The van der Waals surface area contributed by atoms with Crippen LogP contribution in [0.4, 0.5) is 5.69 Å². The van der Waals surface area contributed by atoms with E-state index in [0.717, 1.165) is 19.6 Å². The second kappa shape index (κ2) is 5.51. The van der Waals surface area contributed by atoms with Crippen LogP contribution in [-0.4, -0.2) is 44.2 Å². The quantitative estimate of drug-likeness (QED) is 0.884. The summed E-state index contributed by atoms with van der Waals surface area (Å²) in [5.41, 5.74) is 8.92. The summed E-state index contributed by atoms with van der Waals surface area (Å²) in [4.78, 5) is 4.87. The van der Waals surface area contributed by atoms with Crippen LogP contribution in [0.3, 0.4) is 0 Å². The Morgan fingerprint density at radius 1 is 1.21 bits per heavy atom. The lowest BCUT2D eigenvalue weighted by Gasteiger charge is -2.43. The van der Waals surface area contributed by atoms with E-state index in [-0.39, 0.29) is 5.41 Å². The molecule has 0 aromatic heterocycles. The number of rotatable bonds is 2. The predicted octanol–water partition coefficient (Wildman–Crippen LogP) is 2.06. The van der Waals surface area contributed by atoms with Crippen molar-refractivity contribution in [1.29, 1.82) is 0 Å². The van der Waals surface area contributed by atoms with Gasteiger partial charge in [0.25, 0.3) is 0 Å². The molecular weight excluding hydrogens is 234 g/mol. The fourth-order valence-electron chi connectivity index (χ4n) is 2.89. The zero-order chi connectivity index (χ0) is 14.0. The van der Waals surface area contributed by atoms with Crippen LogP contribution in [0.15, 0.2) is 24.3 Å². The van der Waals surface area contributed by atoms with Gasteiger partial charge in [0.05, 0.1) is 6.04 Å². The van der Waals surface area contributed by atoms with E-state index < -0.39 is 0 Å². The van der Waals surface area contributed by atoms with Gasteiger partial charge in [-0.1, -0.05) is 39.0 Å². The summed E-state index contributed by atoms with van der Waals surface area (Å²) < 4.78 is 0. The molecule has 3 nitrogen and oxygen atoms in total. The monoisotopic (exact) mass is 261 g/mol. The molecule has 0 bridgehead atoms. The summed E-state index contributed by atoms with van der Waals surface area (Å²) in [5.74, 6) is 0. The Morgan fingerprint density at radius 2 is 1.89 bits per heavy atom. The normalized spacial score (nSPS) is 21.7. The van der Waals surface area contributed by atoms with Crippen molar-refractivity contribution in [3.05, 3.63) is 29.8 Å². The third-order valence-corrected chi connectivity index (χ3v) is 3.98. The van der Waals surface area contributed by atoms with E-state index in [2.05, 4.69) is 61.9 Å². The minimum atomic E-state index is 0.166. The molecule has 0 amide bonds. The maximum absolute atomic E-state index is 5.98. The van der Waals surface area contributed by atoms with Gasteiger partial charge >= 0.3 is 0 Å². The lowest BCUT2D eigenvalue weighted by molar-refractivity contribution is 0.269. The third-order valence-electron chi connectivity index (χ3n) is 3.98. The second-order valence-electron chi connectivity index (χ2n) is 6.61. The molecule has 0 radical (unpaired) electrons. The van der Waals surface area contributed by atoms with Gasteiger partial charge in [-0.15, -0.1) is 0 Å². The maximum Gasteiger partial charge on any atom is 0.0539 e. The number of likely N-dealkylation sites (N-methyl/N-ethyl adjacent to an activating group) is 1. The topological polar surface area (TPSA) is 32.5 Å². The summed E-state index contributed by atoms with van der Waals surface area (Å²) in [7, 11) is 2.18. The molecule has 1 fully saturated rings. The summed E-state index contributed by atoms with van der Waals surface area (Å²) >= 11 is 0. The van der Waals surface area contributed by atoms with E-state index in [1.165, 1.54) is 11.3 Å². The minimum absolute atomic E-state index is 0.166. The predicted molar refractivity (Wildman–Crippen MR) is 82.8 cm³/mol. The minimum Gasteiger partial charge on any atom is -0.364 e. The average Bonchev–Trinajstić information content (AvgIpc) is 2.37. The molecule has 19 heavy (non-hydrogen) atoms. The van der Waals surface area contributed by atoms with Crippen molar-refractivity contribution in [3.63, 3.8) is 0 Å². The van der Waals surface area contributed by atoms with Gasteiger partial charge in [-0.05, 0) is 24.1 Å². The molecule has 2 rings (SSSR count). The van der Waals surface area contributed by atoms with E-state index in [0.29, 0.717) is 12.6 Å². The van der Waals surface area contributed by atoms with Crippen molar-refractivity contribution < 1.29 is 0 Å². The van der Waals surface area contributed by atoms with E-state index in [9.17, 15) is 0 Å². The Morgan fingerprint density at radius 3 is 2.53 bits per heavy atom. The van der Waals surface area contributed by atoms with Gasteiger partial charge in [-0.3, -0.25) is 0 Å². The van der Waals surface area contributed by atoms with Gasteiger partial charge in [0.2, 0.25) is 0 Å². The molecule has 1 aliphatic rings. The van der Waals surface area contributed by atoms with Crippen molar-refractivity contribution in [3.8, 4) is 0 Å². The Bertz CT molecular complexity index is 422. The molecule has 2 N–H and O–H groups in total. The first-order chi connectivity index (χ1) is 8.93. The molecule has 1 aromatic rings. The van der Waals surface area contributed by atoms with Crippen LogP contribution in [0.1, 0.15) is 26.3 Å². The van der Waals surface area contributed by atoms with E-state index in [1.54, 1.807) is 0 Å². The molecule has 1 aromatic carbocycles. The van der Waals surface area contributed by atoms with Crippen LogP contribution in [0.5, 0.6) is 0 Å². The van der Waals surface area contributed by atoms with Crippen molar-refractivity contribution in [2.24, 2.45) is 5.73 Å². The lowest BCUT2D eigenvalue weighted by Crippen LogP contribution is -2.55. The Hall–Kier alpha value is -1.06. The molecule has 1 heterocycles. The first-order valence-corrected chi connectivity index (χ1v) is 7.18. The van der Waals surface area contributed by atoms with Gasteiger partial charge in [0.1, 0.15) is 0 Å². The Labute approximate surface area is 117 Å². The lowest BCUT2D eigenvalue weighted by atomic mass is 9.85. The summed E-state index contributed by atoms with van der Waals surface area (Å²) in [6, 6.07) is 9.19. The largest absolute Gasteiger partial charge is 0.364 e. The zero-order valence-corrected chi connectivity index (χ0v) is 12.7. The highest BCUT2D eigenvalue weighted by Gasteiger charge is 2.28. The smallest absolute Gasteiger partial charge is 0.0539 e. The van der Waals surface area contributed by atoms with Crippen molar-refractivity contribution in [1.82, 2.24) is 4.90 Å². The van der Waals surface area contributed by atoms with E-state index >= 15 is 0 Å². The molecule has 1 saturated heterocycles. The van der Waals surface area contributed by atoms with Gasteiger partial charge in [0.15, 0.2) is 0 Å². The van der Waals surface area contributed by atoms with Crippen LogP contribution in [0, 0.1) is 0 Å². The van der Waals surface area contributed by atoms with Gasteiger partial charge < -0.3 is 15.5 Å². The van der Waals surface area contributed by atoms with Gasteiger partial charge in [0, 0.05) is 31.9 Å². The molecule has 1 aliphatic heterocycles. The van der Waals surface area contributed by atoms with Crippen molar-refractivity contribution in [2.45, 2.75) is 32.2 Å². The highest BCUT2D eigenvalue weighted by Crippen LogP contribution is 2.33. The van der Waals surface area contributed by atoms with Gasteiger partial charge in [-0.25, -0.2) is 0 Å². The number of nitrogens with zero attached hydrogens (tertiary/aromatic N) is 2. The first-order valence-electron chi connectivity index (χ1n) is 7.18. The molecule has 1 atom stereocenters. The van der Waals surface area contributed by atoms with E-state index in [1.807, 2.05) is 0 Å². The fourth-order valence-corrected chi connectivity index (χ4v) is 2.89. The summed E-state index contributed by atoms with van der Waals surface area (Å²) in [6.07, 6.45) is 0. The number of hydrogen-bond acceptors (Lipinski definition) is 3. The maximum atomic E-state index is 5.98. The number of benzene rings is 1. The molecule has 1 unspecified atom stereocenters. The molecule has 106 valence electrons. The first kappa shape index (κ1) is 14.4. The number of hydrogen-bond donors (Lipinski definition) is 1. The fraction of sp³-hybridized carbons (Fsp3) is 0.625. The van der Waals surface area contributed by atoms with Crippen LogP contribution in [0.25, 0.3) is 0 Å². The number of piperazine rings is 1.